The first-order valence-electron chi connectivity index (χ1n) is 5.23. The summed E-state index contributed by atoms with van der Waals surface area (Å²) in [5.74, 6) is -0.0781. The van der Waals surface area contributed by atoms with Crippen LogP contribution in [-0.4, -0.2) is 10.9 Å². The van der Waals surface area contributed by atoms with Crippen LogP contribution in [0.4, 0.5) is 5.69 Å². The van der Waals surface area contributed by atoms with Gasteiger partial charge in [0.25, 0.3) is 0 Å². The Hall–Kier alpha value is -1.42. The van der Waals surface area contributed by atoms with E-state index in [1.807, 2.05) is 31.2 Å². The molecule has 3 N–H and O–H groups in total. The van der Waals surface area contributed by atoms with Crippen molar-refractivity contribution in [1.82, 2.24) is 0 Å². The molecule has 0 radical (unpaired) electrons. The molecule has 3 nitrogen and oxygen atoms in total. The summed E-state index contributed by atoms with van der Waals surface area (Å²) in [5.41, 5.74) is 6.91. The molecule has 0 atom stereocenters. The Morgan fingerprint density at radius 2 is 2.19 bits per heavy atom. The number of thiocarbonyl (C=S) groups is 1. The van der Waals surface area contributed by atoms with E-state index in [4.69, 9.17) is 18.0 Å². The zero-order valence-corrected chi connectivity index (χ0v) is 9.93. The second kappa shape index (κ2) is 3.87. The van der Waals surface area contributed by atoms with E-state index < -0.39 is 5.41 Å². The van der Waals surface area contributed by atoms with E-state index in [2.05, 4.69) is 5.32 Å². The summed E-state index contributed by atoms with van der Waals surface area (Å²) in [6.45, 7) is 1.98. The lowest BCUT2D eigenvalue weighted by Crippen LogP contribution is -2.34. The molecule has 0 heterocycles. The van der Waals surface area contributed by atoms with Gasteiger partial charge in [0.2, 0.25) is 5.91 Å². The third-order valence-electron chi connectivity index (χ3n) is 2.93. The zero-order valence-electron chi connectivity index (χ0n) is 9.12. The number of amides is 1. The second-order valence-electron chi connectivity index (χ2n) is 4.27. The minimum Gasteiger partial charge on any atom is -0.392 e. The minimum atomic E-state index is -0.584. The van der Waals surface area contributed by atoms with E-state index in [1.165, 1.54) is 0 Å². The number of anilines is 1. The molecule has 16 heavy (non-hydrogen) atoms. The lowest BCUT2D eigenvalue weighted by atomic mass is 10.1. The molecule has 1 fully saturated rings. The normalized spacial score (nSPS) is 16.6. The molecular weight excluding hydrogens is 220 g/mol. The fourth-order valence-electron chi connectivity index (χ4n) is 1.68. The average Bonchev–Trinajstić information content (AvgIpc) is 2.97. The topological polar surface area (TPSA) is 55.1 Å². The first kappa shape index (κ1) is 11.1. The van der Waals surface area contributed by atoms with Crippen LogP contribution in [0.2, 0.25) is 0 Å². The van der Waals surface area contributed by atoms with Gasteiger partial charge in [0.1, 0.15) is 0 Å². The zero-order chi connectivity index (χ0) is 11.8. The first-order chi connectivity index (χ1) is 7.54. The van der Waals surface area contributed by atoms with Crippen LogP contribution in [0.5, 0.6) is 0 Å². The molecule has 1 saturated carbocycles. The van der Waals surface area contributed by atoms with Gasteiger partial charge in [0, 0.05) is 5.69 Å². The van der Waals surface area contributed by atoms with Gasteiger partial charge in [-0.05, 0) is 37.5 Å². The van der Waals surface area contributed by atoms with Crippen molar-refractivity contribution >= 4 is 28.8 Å². The molecule has 0 aromatic heterocycles. The maximum absolute atomic E-state index is 12.0. The highest BCUT2D eigenvalue weighted by Gasteiger charge is 2.52. The molecule has 1 aromatic carbocycles. The number of carbonyl (C=O) groups excluding carboxylic acids is 1. The van der Waals surface area contributed by atoms with Gasteiger partial charge in [0.15, 0.2) is 0 Å². The Kier molecular flexibility index (Phi) is 2.68. The van der Waals surface area contributed by atoms with Gasteiger partial charge in [-0.15, -0.1) is 0 Å². The van der Waals surface area contributed by atoms with E-state index in [9.17, 15) is 4.79 Å². The molecule has 0 saturated heterocycles. The summed E-state index contributed by atoms with van der Waals surface area (Å²) < 4.78 is 0. The molecule has 1 aliphatic rings. The van der Waals surface area contributed by atoms with Gasteiger partial charge < -0.3 is 11.1 Å². The van der Waals surface area contributed by atoms with E-state index in [-0.39, 0.29) is 5.91 Å². The monoisotopic (exact) mass is 234 g/mol. The van der Waals surface area contributed by atoms with Crippen molar-refractivity contribution in [2.45, 2.75) is 19.8 Å². The highest BCUT2D eigenvalue weighted by atomic mass is 32.1. The smallest absolute Gasteiger partial charge is 0.237 e. The fraction of sp³-hybridized carbons (Fsp3) is 0.333. The summed E-state index contributed by atoms with van der Waals surface area (Å²) in [6.07, 6.45) is 1.53. The van der Waals surface area contributed by atoms with Crippen molar-refractivity contribution in [3.63, 3.8) is 0 Å². The Labute approximate surface area is 100 Å². The van der Waals surface area contributed by atoms with Crippen LogP contribution in [0, 0.1) is 12.3 Å². The van der Waals surface area contributed by atoms with Crippen LogP contribution in [-0.2, 0) is 4.79 Å². The van der Waals surface area contributed by atoms with E-state index >= 15 is 0 Å². The predicted octanol–water partition coefficient (Wildman–Crippen LogP) is 2.00. The molecule has 84 valence electrons. The number of nitrogens with one attached hydrogen (secondary N) is 1. The molecule has 1 amide bonds. The molecule has 0 spiro atoms. The summed E-state index contributed by atoms with van der Waals surface area (Å²) in [7, 11) is 0. The third-order valence-corrected chi connectivity index (χ3v) is 3.32. The van der Waals surface area contributed by atoms with Crippen LogP contribution in [0.15, 0.2) is 24.3 Å². The summed E-state index contributed by atoms with van der Waals surface area (Å²) in [6, 6.07) is 7.68. The maximum Gasteiger partial charge on any atom is 0.237 e. The largest absolute Gasteiger partial charge is 0.392 e. The van der Waals surface area contributed by atoms with Gasteiger partial charge in [0.05, 0.1) is 10.4 Å². The average molecular weight is 234 g/mol. The van der Waals surface area contributed by atoms with Gasteiger partial charge >= 0.3 is 0 Å². The van der Waals surface area contributed by atoms with Crippen molar-refractivity contribution in [2.75, 3.05) is 5.32 Å². The van der Waals surface area contributed by atoms with Gasteiger partial charge in [-0.3, -0.25) is 4.79 Å². The molecule has 0 aliphatic heterocycles. The van der Waals surface area contributed by atoms with E-state index in [1.54, 1.807) is 0 Å². The van der Waals surface area contributed by atoms with Gasteiger partial charge in [-0.25, -0.2) is 0 Å². The van der Waals surface area contributed by atoms with Crippen LogP contribution >= 0.6 is 12.2 Å². The number of hydrogen-bond acceptors (Lipinski definition) is 2. The van der Waals surface area contributed by atoms with E-state index in [0.717, 1.165) is 24.1 Å². The molecule has 1 aliphatic carbocycles. The second-order valence-corrected chi connectivity index (χ2v) is 4.71. The van der Waals surface area contributed by atoms with Gasteiger partial charge in [-0.2, -0.15) is 0 Å². The highest BCUT2D eigenvalue weighted by Crippen LogP contribution is 2.46. The van der Waals surface area contributed by atoms with Crippen molar-refractivity contribution < 1.29 is 4.79 Å². The number of hydrogen-bond donors (Lipinski definition) is 2. The van der Waals surface area contributed by atoms with Crippen molar-refractivity contribution in [3.8, 4) is 0 Å². The number of nitrogens with two attached hydrogens (primary N) is 1. The van der Waals surface area contributed by atoms with Crippen LogP contribution in [0.3, 0.4) is 0 Å². The third kappa shape index (κ3) is 1.93. The van der Waals surface area contributed by atoms with Crippen molar-refractivity contribution in [1.29, 1.82) is 0 Å². The Morgan fingerprint density at radius 3 is 2.69 bits per heavy atom. The summed E-state index contributed by atoms with van der Waals surface area (Å²) >= 11 is 4.93. The molecule has 4 heteroatoms. The minimum absolute atomic E-state index is 0.0781. The Morgan fingerprint density at radius 1 is 1.50 bits per heavy atom. The standard InChI is InChI=1S/C12H14N2OS/c1-8-3-2-4-9(7-8)14-11(15)12(5-6-12)10(13)16/h2-4,7H,5-6H2,1H3,(H2,13,16)(H,14,15). The van der Waals surface area contributed by atoms with Gasteiger partial charge in [-0.1, -0.05) is 24.4 Å². The number of rotatable bonds is 3. The molecule has 1 aromatic rings. The number of carbonyl (C=O) groups is 1. The van der Waals surface area contributed by atoms with Crippen LogP contribution < -0.4 is 11.1 Å². The maximum atomic E-state index is 12.0. The fourth-order valence-corrected chi connectivity index (χ4v) is 1.98. The summed E-state index contributed by atoms with van der Waals surface area (Å²) in [4.78, 5) is 12.3. The molecular formula is C12H14N2OS. The number of aryl methyl sites for hydroxylation is 1. The van der Waals surface area contributed by atoms with E-state index in [0.29, 0.717) is 4.99 Å². The molecule has 2 rings (SSSR count). The highest BCUT2D eigenvalue weighted by molar-refractivity contribution is 7.80. The Bertz CT molecular complexity index is 452. The van der Waals surface area contributed by atoms with Crippen molar-refractivity contribution in [2.24, 2.45) is 11.1 Å². The Balaban J connectivity index is 2.11. The lowest BCUT2D eigenvalue weighted by Gasteiger charge is -2.13. The van der Waals surface area contributed by atoms with Crippen LogP contribution in [0.25, 0.3) is 0 Å². The molecule has 0 bridgehead atoms. The SMILES string of the molecule is Cc1cccc(NC(=O)C2(C(N)=S)CC2)c1. The first-order valence-corrected chi connectivity index (χ1v) is 5.63. The van der Waals surface area contributed by atoms with Crippen molar-refractivity contribution in [3.05, 3.63) is 29.8 Å². The lowest BCUT2D eigenvalue weighted by molar-refractivity contribution is -0.118. The predicted molar refractivity (Wildman–Crippen MR) is 68.3 cm³/mol. The number of benzene rings is 1. The van der Waals surface area contributed by atoms with Crippen LogP contribution in [0.1, 0.15) is 18.4 Å². The quantitative estimate of drug-likeness (QED) is 0.786. The summed E-state index contributed by atoms with van der Waals surface area (Å²) in [5, 5.41) is 2.86. The molecule has 0 unspecified atom stereocenters.